The smallest absolute Gasteiger partial charge is 0.00717 e. The summed E-state index contributed by atoms with van der Waals surface area (Å²) in [5.74, 6) is 1.21. The van der Waals surface area contributed by atoms with E-state index in [1.807, 2.05) is 0 Å². The molecule has 0 nitrogen and oxygen atoms in total. The van der Waals surface area contributed by atoms with Crippen molar-refractivity contribution in [1.82, 2.24) is 0 Å². The number of hydrogen-bond donors (Lipinski definition) is 0. The first-order valence-corrected chi connectivity index (χ1v) is 9.68. The van der Waals surface area contributed by atoms with Gasteiger partial charge in [0.05, 0.1) is 0 Å². The maximum Gasteiger partial charge on any atom is 0.00717 e. The lowest BCUT2D eigenvalue weighted by Crippen LogP contribution is -1.83. The van der Waals surface area contributed by atoms with E-state index < -0.39 is 0 Å². The molecule has 0 aliphatic heterocycles. The molecular formula is C3H7IS4. The zero-order valence-corrected chi connectivity index (χ0v) is 9.85. The van der Waals surface area contributed by atoms with E-state index in [1.54, 1.807) is 0 Å². The summed E-state index contributed by atoms with van der Waals surface area (Å²) >= 11 is 12.2. The Kier molecular flexibility index (Phi) is 6.72. The van der Waals surface area contributed by atoms with Gasteiger partial charge in [-0.15, -0.1) is 0 Å². The van der Waals surface area contributed by atoms with Crippen molar-refractivity contribution in [2.75, 3.05) is 5.75 Å². The Morgan fingerprint density at radius 3 is 2.12 bits per heavy atom. The molecule has 0 rings (SSSR count). The second kappa shape index (κ2) is 5.52. The van der Waals surface area contributed by atoms with Gasteiger partial charge in [-0.1, -0.05) is 13.5 Å². The van der Waals surface area contributed by atoms with Crippen LogP contribution in [0, 0.1) is 0 Å². The Hall–Kier alpha value is 1.74. The standard InChI is InChI=1S/C3H7IS4/c1-2-3-7(4)8(5)6/h2-3H2,1H3. The third-order valence-corrected chi connectivity index (χ3v) is 14.8. The van der Waals surface area contributed by atoms with Crippen LogP contribution in [0.5, 0.6) is 0 Å². The molecule has 0 aliphatic carbocycles. The first kappa shape index (κ1) is 9.74. The summed E-state index contributed by atoms with van der Waals surface area (Å²) in [6, 6.07) is 0. The summed E-state index contributed by atoms with van der Waals surface area (Å²) in [6.07, 6.45) is 1.21. The lowest BCUT2D eigenvalue weighted by Gasteiger charge is -1.88. The molecule has 50 valence electrons. The fraction of sp³-hybridized carbons (Fsp3) is 1.00. The topological polar surface area (TPSA) is 0 Å². The number of rotatable bonds is 2. The van der Waals surface area contributed by atoms with Crippen LogP contribution in [0.3, 0.4) is 0 Å². The summed E-state index contributed by atoms with van der Waals surface area (Å²) < 4.78 is 0. The quantitative estimate of drug-likeness (QED) is 0.563. The van der Waals surface area contributed by atoms with Crippen LogP contribution in [-0.4, -0.2) is 5.75 Å². The molecule has 8 heavy (non-hydrogen) atoms. The van der Waals surface area contributed by atoms with E-state index in [2.05, 4.69) is 28.1 Å². The first-order chi connectivity index (χ1) is 3.68. The molecule has 0 aromatic rings. The van der Waals surface area contributed by atoms with Crippen LogP contribution in [0.25, 0.3) is 0 Å². The van der Waals surface area contributed by atoms with Crippen molar-refractivity contribution < 1.29 is 0 Å². The van der Waals surface area contributed by atoms with Crippen molar-refractivity contribution >= 4 is 56.8 Å². The predicted octanol–water partition coefficient (Wildman–Crippen LogP) is 1.82. The minimum absolute atomic E-state index is 0.179. The summed E-state index contributed by atoms with van der Waals surface area (Å²) in [5, 5.41) is 0. The Morgan fingerprint density at radius 2 is 2.00 bits per heavy atom. The molecule has 0 saturated heterocycles. The van der Waals surface area contributed by atoms with Crippen molar-refractivity contribution in [3.05, 3.63) is 0 Å². The van der Waals surface area contributed by atoms with Gasteiger partial charge < -0.3 is 0 Å². The van der Waals surface area contributed by atoms with E-state index in [-0.39, 0.29) is 6.57 Å². The highest BCUT2D eigenvalue weighted by atomic mass is 127. The van der Waals surface area contributed by atoms with Gasteiger partial charge in [0.15, 0.2) is 0 Å². The SMILES string of the molecule is CCCS(I)=S(=S)=S. The molecule has 0 N–H and O–H groups in total. The Labute approximate surface area is 75.0 Å². The van der Waals surface area contributed by atoms with Gasteiger partial charge in [0.25, 0.3) is 0 Å². The van der Waals surface area contributed by atoms with Crippen LogP contribution in [0.2, 0.25) is 0 Å². The average Bonchev–Trinajstić information content (AvgIpc) is 1.67. The fourth-order valence-corrected chi connectivity index (χ4v) is 4.14. The minimum Gasteiger partial charge on any atom is -0.0646 e. The molecule has 0 aromatic carbocycles. The molecule has 0 bridgehead atoms. The Balaban J connectivity index is 4.03. The monoisotopic (exact) mass is 298 g/mol. The van der Waals surface area contributed by atoms with E-state index >= 15 is 0 Å². The molecule has 0 radical (unpaired) electrons. The van der Waals surface area contributed by atoms with E-state index in [0.717, 1.165) is 0 Å². The largest absolute Gasteiger partial charge is 0.0646 e. The van der Waals surface area contributed by atoms with Gasteiger partial charge in [0.1, 0.15) is 0 Å². The van der Waals surface area contributed by atoms with Crippen LogP contribution in [0.4, 0.5) is 0 Å². The molecule has 0 fully saturated rings. The van der Waals surface area contributed by atoms with Crippen LogP contribution >= 0.6 is 21.2 Å². The highest BCUT2D eigenvalue weighted by molar-refractivity contribution is 14.2. The number of hydrogen-bond acceptors (Lipinski definition) is 2. The van der Waals surface area contributed by atoms with Crippen LogP contribution in [-0.2, 0) is 35.6 Å². The van der Waals surface area contributed by atoms with E-state index in [1.165, 1.54) is 12.2 Å². The maximum absolute atomic E-state index is 4.91. The molecule has 1 unspecified atom stereocenters. The van der Waals surface area contributed by atoms with E-state index in [9.17, 15) is 0 Å². The van der Waals surface area contributed by atoms with Crippen molar-refractivity contribution in [1.29, 1.82) is 0 Å². The third kappa shape index (κ3) is 4.60. The normalized spacial score (nSPS) is 13.2. The molecule has 0 spiro atoms. The van der Waals surface area contributed by atoms with E-state index in [0.29, 0.717) is 6.63 Å². The molecule has 0 aromatic heterocycles. The Bertz CT molecular complexity index is 169. The average molecular weight is 298 g/mol. The highest BCUT2D eigenvalue weighted by Crippen LogP contribution is 1.98. The third-order valence-electron chi connectivity index (χ3n) is 0.512. The van der Waals surface area contributed by atoms with Gasteiger partial charge >= 0.3 is 0 Å². The molecule has 1 atom stereocenters. The van der Waals surface area contributed by atoms with Crippen molar-refractivity contribution in [2.24, 2.45) is 0 Å². The second-order valence-corrected chi connectivity index (χ2v) is 13.7. The van der Waals surface area contributed by atoms with Crippen molar-refractivity contribution in [3.8, 4) is 0 Å². The summed E-state index contributed by atoms with van der Waals surface area (Å²) in [5.41, 5.74) is 0. The summed E-state index contributed by atoms with van der Waals surface area (Å²) in [4.78, 5) is 0. The Morgan fingerprint density at radius 1 is 1.50 bits per heavy atom. The minimum atomic E-state index is -0.179. The van der Waals surface area contributed by atoms with Crippen LogP contribution in [0.15, 0.2) is 0 Å². The van der Waals surface area contributed by atoms with Gasteiger partial charge in [-0.05, 0) is 35.4 Å². The van der Waals surface area contributed by atoms with Gasteiger partial charge in [0, 0.05) is 27.0 Å². The molecule has 0 aliphatic rings. The second-order valence-electron chi connectivity index (χ2n) is 1.20. The van der Waals surface area contributed by atoms with Gasteiger partial charge in [-0.3, -0.25) is 0 Å². The highest BCUT2D eigenvalue weighted by Gasteiger charge is 1.82. The zero-order valence-electron chi connectivity index (χ0n) is 4.43. The van der Waals surface area contributed by atoms with Gasteiger partial charge in [-0.2, -0.15) is 0 Å². The van der Waals surface area contributed by atoms with E-state index in [4.69, 9.17) is 22.4 Å². The van der Waals surface area contributed by atoms with Crippen molar-refractivity contribution in [3.63, 3.8) is 0 Å². The molecule has 5 heteroatoms. The summed E-state index contributed by atoms with van der Waals surface area (Å²) in [6.45, 7) is 2.29. The lowest BCUT2D eigenvalue weighted by molar-refractivity contribution is 1.11. The zero-order chi connectivity index (χ0) is 6.57. The van der Waals surface area contributed by atoms with Gasteiger partial charge in [0.2, 0.25) is 0 Å². The predicted molar refractivity (Wildman–Crippen MR) is 58.6 cm³/mol. The van der Waals surface area contributed by atoms with Crippen LogP contribution < -0.4 is 0 Å². The van der Waals surface area contributed by atoms with Gasteiger partial charge in [-0.25, -0.2) is 0 Å². The van der Waals surface area contributed by atoms with Crippen LogP contribution in [0.1, 0.15) is 13.3 Å². The lowest BCUT2D eigenvalue weighted by atomic mass is 10.6. The molecule has 0 saturated carbocycles. The maximum atomic E-state index is 4.91. The molecular weight excluding hydrogens is 291 g/mol. The number of halogens is 1. The molecule has 0 heterocycles. The van der Waals surface area contributed by atoms with Crippen molar-refractivity contribution in [2.45, 2.75) is 13.3 Å². The fourth-order valence-electron chi connectivity index (χ4n) is 0.229. The summed E-state index contributed by atoms with van der Waals surface area (Å²) in [7, 11) is 0. The first-order valence-electron chi connectivity index (χ1n) is 2.15. The molecule has 0 amide bonds.